The molecule has 1 aromatic rings. The van der Waals surface area contributed by atoms with Crippen molar-refractivity contribution < 1.29 is 4.74 Å². The summed E-state index contributed by atoms with van der Waals surface area (Å²) in [6.45, 7) is 1.95. The highest BCUT2D eigenvalue weighted by molar-refractivity contribution is 7.80. The van der Waals surface area contributed by atoms with Crippen LogP contribution in [-0.4, -0.2) is 7.11 Å². The first kappa shape index (κ1) is 10.7. The Balaban J connectivity index is 3.20. The van der Waals surface area contributed by atoms with Gasteiger partial charge in [-0.05, 0) is 30.2 Å². The van der Waals surface area contributed by atoms with Gasteiger partial charge in [0.15, 0.2) is 0 Å². The highest BCUT2D eigenvalue weighted by Crippen LogP contribution is 2.30. The zero-order valence-electron chi connectivity index (χ0n) is 7.54. The van der Waals surface area contributed by atoms with Gasteiger partial charge in [-0.3, -0.25) is 0 Å². The second kappa shape index (κ2) is 4.22. The molecule has 72 valence electrons. The summed E-state index contributed by atoms with van der Waals surface area (Å²) in [5, 5.41) is 0.260. The second-order valence-electron chi connectivity index (χ2n) is 2.79. The molecule has 0 aromatic heterocycles. The van der Waals surface area contributed by atoms with Gasteiger partial charge in [0.1, 0.15) is 5.75 Å². The van der Waals surface area contributed by atoms with E-state index < -0.39 is 0 Å². The molecule has 0 saturated carbocycles. The number of halogens is 1. The lowest BCUT2D eigenvalue weighted by molar-refractivity contribution is 0.414. The molecule has 0 aliphatic rings. The number of aryl methyl sites for hydroxylation is 1. The van der Waals surface area contributed by atoms with Crippen molar-refractivity contribution in [2.45, 2.75) is 12.3 Å². The molecule has 0 saturated heterocycles. The molecule has 1 atom stereocenters. The van der Waals surface area contributed by atoms with Gasteiger partial charge in [-0.15, -0.1) is 0 Å². The SMILES string of the molecule is COc1cc(C)c(C(N)S)cc1Cl. The first-order valence-corrected chi connectivity index (χ1v) is 4.73. The predicted molar refractivity (Wildman–Crippen MR) is 58.7 cm³/mol. The third-order valence-electron chi connectivity index (χ3n) is 1.86. The van der Waals surface area contributed by atoms with Crippen molar-refractivity contribution in [3.8, 4) is 5.75 Å². The van der Waals surface area contributed by atoms with Crippen molar-refractivity contribution in [2.24, 2.45) is 5.73 Å². The largest absolute Gasteiger partial charge is 0.495 e. The number of nitrogens with two attached hydrogens (primary N) is 1. The molecule has 0 heterocycles. The van der Waals surface area contributed by atoms with E-state index in [1.54, 1.807) is 13.2 Å². The molecular formula is C9H12ClNOS. The summed E-state index contributed by atoms with van der Waals surface area (Å²) in [6, 6.07) is 3.64. The monoisotopic (exact) mass is 217 g/mol. The molecule has 1 aromatic carbocycles. The summed E-state index contributed by atoms with van der Waals surface area (Å²) in [5.74, 6) is 0.664. The third-order valence-corrected chi connectivity index (χ3v) is 2.43. The number of benzene rings is 1. The van der Waals surface area contributed by atoms with Crippen molar-refractivity contribution in [1.82, 2.24) is 0 Å². The number of rotatable bonds is 2. The number of hydrogen-bond acceptors (Lipinski definition) is 3. The van der Waals surface area contributed by atoms with Crippen LogP contribution >= 0.6 is 24.2 Å². The normalized spacial score (nSPS) is 12.7. The molecule has 0 aliphatic carbocycles. The highest BCUT2D eigenvalue weighted by Gasteiger charge is 2.09. The van der Waals surface area contributed by atoms with E-state index in [1.165, 1.54) is 0 Å². The molecule has 0 bridgehead atoms. The van der Waals surface area contributed by atoms with Crippen molar-refractivity contribution in [1.29, 1.82) is 0 Å². The molecule has 0 radical (unpaired) electrons. The van der Waals surface area contributed by atoms with Crippen LogP contribution in [-0.2, 0) is 0 Å². The van der Waals surface area contributed by atoms with E-state index in [2.05, 4.69) is 12.6 Å². The van der Waals surface area contributed by atoms with Gasteiger partial charge in [0.25, 0.3) is 0 Å². The first-order chi connectivity index (χ1) is 6.06. The summed E-state index contributed by atoms with van der Waals surface area (Å²) in [6.07, 6.45) is 0. The van der Waals surface area contributed by atoms with Gasteiger partial charge in [-0.25, -0.2) is 0 Å². The molecule has 4 heteroatoms. The van der Waals surface area contributed by atoms with Crippen molar-refractivity contribution in [2.75, 3.05) is 7.11 Å². The van der Waals surface area contributed by atoms with E-state index in [-0.39, 0.29) is 5.37 Å². The number of thiol groups is 1. The molecule has 13 heavy (non-hydrogen) atoms. The van der Waals surface area contributed by atoms with Gasteiger partial charge in [-0.2, -0.15) is 12.6 Å². The minimum Gasteiger partial charge on any atom is -0.495 e. The fraction of sp³-hybridized carbons (Fsp3) is 0.333. The van der Waals surface area contributed by atoms with Gasteiger partial charge in [0, 0.05) is 0 Å². The summed E-state index contributed by atoms with van der Waals surface area (Å²) in [5.41, 5.74) is 7.60. The van der Waals surface area contributed by atoms with Crippen LogP contribution in [0.4, 0.5) is 0 Å². The number of methoxy groups -OCH3 is 1. The van der Waals surface area contributed by atoms with Crippen molar-refractivity contribution >= 4 is 24.2 Å². The van der Waals surface area contributed by atoms with Crippen molar-refractivity contribution in [3.05, 3.63) is 28.3 Å². The maximum Gasteiger partial charge on any atom is 0.137 e. The third kappa shape index (κ3) is 2.30. The quantitative estimate of drug-likeness (QED) is 0.590. The molecule has 0 fully saturated rings. The molecule has 0 aliphatic heterocycles. The van der Waals surface area contributed by atoms with E-state index in [0.29, 0.717) is 10.8 Å². The van der Waals surface area contributed by atoms with E-state index in [0.717, 1.165) is 11.1 Å². The zero-order valence-corrected chi connectivity index (χ0v) is 9.19. The molecule has 1 rings (SSSR count). The zero-order chi connectivity index (χ0) is 10.0. The lowest BCUT2D eigenvalue weighted by Crippen LogP contribution is -2.04. The van der Waals surface area contributed by atoms with Gasteiger partial charge < -0.3 is 10.5 Å². The Kier molecular flexibility index (Phi) is 3.47. The van der Waals surface area contributed by atoms with Crippen LogP contribution in [0.2, 0.25) is 5.02 Å². The first-order valence-electron chi connectivity index (χ1n) is 3.84. The maximum absolute atomic E-state index is 5.93. The minimum absolute atomic E-state index is 0.302. The van der Waals surface area contributed by atoms with Crippen LogP contribution in [0.25, 0.3) is 0 Å². The number of hydrogen-bond donors (Lipinski definition) is 2. The molecular weight excluding hydrogens is 206 g/mol. The minimum atomic E-state index is -0.302. The maximum atomic E-state index is 5.93. The van der Waals surface area contributed by atoms with E-state index in [4.69, 9.17) is 22.1 Å². The number of ether oxygens (including phenoxy) is 1. The van der Waals surface area contributed by atoms with Gasteiger partial charge in [-0.1, -0.05) is 11.6 Å². The predicted octanol–water partition coefficient (Wildman–Crippen LogP) is 2.54. The van der Waals surface area contributed by atoms with Crippen LogP contribution in [0, 0.1) is 6.92 Å². The highest BCUT2D eigenvalue weighted by atomic mass is 35.5. The molecule has 0 spiro atoms. The summed E-state index contributed by atoms with van der Waals surface area (Å²) in [4.78, 5) is 0. The molecule has 2 nitrogen and oxygen atoms in total. The molecule has 0 amide bonds. The summed E-state index contributed by atoms with van der Waals surface area (Å²) in [7, 11) is 1.58. The summed E-state index contributed by atoms with van der Waals surface area (Å²) < 4.78 is 5.06. The van der Waals surface area contributed by atoms with Gasteiger partial charge in [0.05, 0.1) is 17.5 Å². The lowest BCUT2D eigenvalue weighted by atomic mass is 10.1. The molecule has 1 unspecified atom stereocenters. The Labute approximate surface area is 88.4 Å². The molecule has 2 N–H and O–H groups in total. The van der Waals surface area contributed by atoms with Gasteiger partial charge in [0.2, 0.25) is 0 Å². The Morgan fingerprint density at radius 1 is 1.54 bits per heavy atom. The van der Waals surface area contributed by atoms with Crippen LogP contribution in [0.3, 0.4) is 0 Å². The van der Waals surface area contributed by atoms with Crippen LogP contribution in [0.1, 0.15) is 16.5 Å². The Bertz CT molecular complexity index is 315. The van der Waals surface area contributed by atoms with Crippen LogP contribution < -0.4 is 10.5 Å². The van der Waals surface area contributed by atoms with Crippen molar-refractivity contribution in [3.63, 3.8) is 0 Å². The Hall–Kier alpha value is -0.380. The standard InChI is InChI=1S/C9H12ClNOS/c1-5-3-8(12-2)7(10)4-6(5)9(11)13/h3-4,9,13H,11H2,1-2H3. The average molecular weight is 218 g/mol. The second-order valence-corrected chi connectivity index (χ2v) is 3.75. The average Bonchev–Trinajstić information content (AvgIpc) is 2.07. The Morgan fingerprint density at radius 2 is 2.15 bits per heavy atom. The van der Waals surface area contributed by atoms with Crippen LogP contribution in [0.15, 0.2) is 12.1 Å². The lowest BCUT2D eigenvalue weighted by Gasteiger charge is -2.12. The fourth-order valence-electron chi connectivity index (χ4n) is 1.15. The fourth-order valence-corrected chi connectivity index (χ4v) is 1.67. The summed E-state index contributed by atoms with van der Waals surface area (Å²) >= 11 is 10.1. The Morgan fingerprint density at radius 3 is 2.62 bits per heavy atom. The topological polar surface area (TPSA) is 35.2 Å². The van der Waals surface area contributed by atoms with E-state index in [1.807, 2.05) is 13.0 Å². The van der Waals surface area contributed by atoms with E-state index in [9.17, 15) is 0 Å². The smallest absolute Gasteiger partial charge is 0.137 e. The van der Waals surface area contributed by atoms with E-state index >= 15 is 0 Å². The van der Waals surface area contributed by atoms with Crippen LogP contribution in [0.5, 0.6) is 5.75 Å². The van der Waals surface area contributed by atoms with Gasteiger partial charge >= 0.3 is 0 Å².